The van der Waals surface area contributed by atoms with Crippen LogP contribution in [0, 0.1) is 5.82 Å². The highest BCUT2D eigenvalue weighted by Crippen LogP contribution is 2.39. The first-order valence-corrected chi connectivity index (χ1v) is 7.71. The first-order chi connectivity index (χ1) is 11.5. The Morgan fingerprint density at radius 1 is 1.08 bits per heavy atom. The average Bonchev–Trinajstić information content (AvgIpc) is 2.58. The molecule has 1 amide bonds. The van der Waals surface area contributed by atoms with Gasteiger partial charge in [-0.2, -0.15) is 0 Å². The number of amides is 1. The molecule has 0 spiro atoms. The quantitative estimate of drug-likeness (QED) is 0.902. The molecule has 0 atom stereocenters. The molecule has 126 valence electrons. The number of aliphatic hydroxyl groups is 1. The summed E-state index contributed by atoms with van der Waals surface area (Å²) in [6, 6.07) is 12.7. The van der Waals surface area contributed by atoms with E-state index in [0.717, 1.165) is 0 Å². The smallest absolute Gasteiger partial charge is 0.407 e. The minimum Gasteiger partial charge on any atom is -0.465 e. The van der Waals surface area contributed by atoms with Gasteiger partial charge in [0.15, 0.2) is 0 Å². The van der Waals surface area contributed by atoms with Crippen molar-refractivity contribution in [3.8, 4) is 11.5 Å². The molecule has 2 aromatic carbocycles. The van der Waals surface area contributed by atoms with Crippen molar-refractivity contribution >= 4 is 6.09 Å². The molecule has 0 aliphatic carbocycles. The van der Waals surface area contributed by atoms with Gasteiger partial charge in [-0.1, -0.05) is 18.2 Å². The second-order valence-electron chi connectivity index (χ2n) is 5.85. The van der Waals surface area contributed by atoms with E-state index in [0.29, 0.717) is 29.9 Å². The van der Waals surface area contributed by atoms with Crippen LogP contribution >= 0.6 is 0 Å². The van der Waals surface area contributed by atoms with Crippen LogP contribution in [0.1, 0.15) is 18.4 Å². The molecule has 24 heavy (non-hydrogen) atoms. The molecule has 5 nitrogen and oxygen atoms in total. The van der Waals surface area contributed by atoms with Crippen molar-refractivity contribution in [2.75, 3.05) is 13.1 Å². The predicted molar refractivity (Wildman–Crippen MR) is 85.6 cm³/mol. The fraction of sp³-hybridized carbons (Fsp3) is 0.278. The van der Waals surface area contributed by atoms with Crippen molar-refractivity contribution in [3.63, 3.8) is 0 Å². The zero-order valence-electron chi connectivity index (χ0n) is 13.0. The topological polar surface area (TPSA) is 70.0 Å². The van der Waals surface area contributed by atoms with E-state index >= 15 is 0 Å². The number of likely N-dealkylation sites (tertiary alicyclic amines) is 1. The highest BCUT2D eigenvalue weighted by Gasteiger charge is 2.37. The second kappa shape index (κ2) is 6.49. The standard InChI is InChI=1S/C18H18FNO4/c19-13-5-7-14(8-6-13)24-16-4-2-1-3-15(16)18(23)9-11-20(12-10-18)17(21)22/h1-8,23H,9-12H2,(H,21,22). The van der Waals surface area contributed by atoms with Gasteiger partial charge in [-0.05, 0) is 43.2 Å². The molecule has 6 heteroatoms. The molecular weight excluding hydrogens is 313 g/mol. The number of carboxylic acid groups (broad SMARTS) is 1. The summed E-state index contributed by atoms with van der Waals surface area (Å²) in [6.07, 6.45) is -0.389. The van der Waals surface area contributed by atoms with Gasteiger partial charge in [0.05, 0.1) is 5.60 Å². The van der Waals surface area contributed by atoms with E-state index in [9.17, 15) is 14.3 Å². The number of para-hydroxylation sites is 1. The summed E-state index contributed by atoms with van der Waals surface area (Å²) in [6.45, 7) is 0.521. The lowest BCUT2D eigenvalue weighted by molar-refractivity contribution is -0.0225. The van der Waals surface area contributed by atoms with Crippen molar-refractivity contribution < 1.29 is 24.1 Å². The lowest BCUT2D eigenvalue weighted by atomic mass is 9.84. The van der Waals surface area contributed by atoms with Crippen LogP contribution in [0.15, 0.2) is 48.5 Å². The van der Waals surface area contributed by atoms with Crippen LogP contribution < -0.4 is 4.74 Å². The number of ether oxygens (including phenoxy) is 1. The average molecular weight is 331 g/mol. The predicted octanol–water partition coefficient (Wildman–Crippen LogP) is 3.58. The molecule has 3 rings (SSSR count). The fourth-order valence-corrected chi connectivity index (χ4v) is 2.91. The minimum atomic E-state index is -1.15. The van der Waals surface area contributed by atoms with Crippen molar-refractivity contribution in [2.45, 2.75) is 18.4 Å². The summed E-state index contributed by atoms with van der Waals surface area (Å²) in [7, 11) is 0. The molecule has 2 aromatic rings. The lowest BCUT2D eigenvalue weighted by Crippen LogP contribution is -2.44. The van der Waals surface area contributed by atoms with Gasteiger partial charge in [0, 0.05) is 18.7 Å². The van der Waals surface area contributed by atoms with Crippen LogP contribution in [0.25, 0.3) is 0 Å². The second-order valence-corrected chi connectivity index (χ2v) is 5.85. The lowest BCUT2D eigenvalue weighted by Gasteiger charge is -2.37. The summed E-state index contributed by atoms with van der Waals surface area (Å²) >= 11 is 0. The van der Waals surface area contributed by atoms with Crippen molar-refractivity contribution in [2.24, 2.45) is 0 Å². The van der Waals surface area contributed by atoms with Crippen LogP contribution in [-0.2, 0) is 5.60 Å². The summed E-state index contributed by atoms with van der Waals surface area (Å²) in [5.74, 6) is 0.598. The first-order valence-electron chi connectivity index (χ1n) is 7.71. The molecule has 1 heterocycles. The number of nitrogens with zero attached hydrogens (tertiary/aromatic N) is 1. The molecule has 0 aromatic heterocycles. The van der Waals surface area contributed by atoms with Crippen LogP contribution in [0.3, 0.4) is 0 Å². The zero-order chi connectivity index (χ0) is 17.2. The number of rotatable bonds is 3. The summed E-state index contributed by atoms with van der Waals surface area (Å²) in [4.78, 5) is 12.3. The van der Waals surface area contributed by atoms with Gasteiger partial charge < -0.3 is 19.8 Å². The molecule has 1 aliphatic heterocycles. The van der Waals surface area contributed by atoms with Gasteiger partial charge in [-0.25, -0.2) is 9.18 Å². The Morgan fingerprint density at radius 3 is 2.33 bits per heavy atom. The van der Waals surface area contributed by atoms with E-state index in [1.54, 1.807) is 24.3 Å². The fourth-order valence-electron chi connectivity index (χ4n) is 2.91. The molecule has 0 bridgehead atoms. The Labute approximate surface area is 138 Å². The third-order valence-electron chi connectivity index (χ3n) is 4.29. The maximum absolute atomic E-state index is 13.0. The molecule has 1 saturated heterocycles. The third kappa shape index (κ3) is 3.33. The number of benzene rings is 2. The normalized spacial score (nSPS) is 16.7. The van der Waals surface area contributed by atoms with Crippen LogP contribution in [0.4, 0.5) is 9.18 Å². The maximum Gasteiger partial charge on any atom is 0.407 e. The number of carbonyl (C=O) groups is 1. The van der Waals surface area contributed by atoms with Gasteiger partial charge in [0.1, 0.15) is 17.3 Å². The Bertz CT molecular complexity index is 724. The van der Waals surface area contributed by atoms with E-state index in [2.05, 4.69) is 0 Å². The first kappa shape index (κ1) is 16.3. The van der Waals surface area contributed by atoms with Crippen LogP contribution in [0.5, 0.6) is 11.5 Å². The van der Waals surface area contributed by atoms with E-state index in [-0.39, 0.29) is 18.9 Å². The number of halogens is 1. The van der Waals surface area contributed by atoms with E-state index < -0.39 is 11.7 Å². The van der Waals surface area contributed by atoms with Gasteiger partial charge in [-0.15, -0.1) is 0 Å². The Kier molecular flexibility index (Phi) is 4.40. The van der Waals surface area contributed by atoms with E-state index in [1.165, 1.54) is 29.2 Å². The molecule has 2 N–H and O–H groups in total. The molecule has 0 radical (unpaired) electrons. The van der Waals surface area contributed by atoms with Crippen molar-refractivity contribution in [3.05, 3.63) is 59.9 Å². The number of piperidine rings is 1. The van der Waals surface area contributed by atoms with Gasteiger partial charge in [0.2, 0.25) is 0 Å². The maximum atomic E-state index is 13.0. The number of hydrogen-bond donors (Lipinski definition) is 2. The van der Waals surface area contributed by atoms with Gasteiger partial charge >= 0.3 is 6.09 Å². The SMILES string of the molecule is O=C(O)N1CCC(O)(c2ccccc2Oc2ccc(F)cc2)CC1. The van der Waals surface area contributed by atoms with E-state index in [4.69, 9.17) is 9.84 Å². The molecule has 1 fully saturated rings. The van der Waals surface area contributed by atoms with Crippen molar-refractivity contribution in [1.82, 2.24) is 4.90 Å². The monoisotopic (exact) mass is 331 g/mol. The van der Waals surface area contributed by atoms with Crippen LogP contribution in [0.2, 0.25) is 0 Å². The summed E-state index contributed by atoms with van der Waals surface area (Å²) in [5, 5.41) is 20.0. The molecule has 0 unspecified atom stereocenters. The summed E-state index contributed by atoms with van der Waals surface area (Å²) < 4.78 is 18.8. The van der Waals surface area contributed by atoms with Crippen molar-refractivity contribution in [1.29, 1.82) is 0 Å². The highest BCUT2D eigenvalue weighted by atomic mass is 19.1. The number of hydrogen-bond acceptors (Lipinski definition) is 3. The Hall–Kier alpha value is -2.60. The Morgan fingerprint density at radius 2 is 1.71 bits per heavy atom. The third-order valence-corrected chi connectivity index (χ3v) is 4.29. The van der Waals surface area contributed by atoms with Gasteiger partial charge in [-0.3, -0.25) is 0 Å². The Balaban J connectivity index is 1.84. The molecule has 1 aliphatic rings. The molecular formula is C18H18FNO4. The highest BCUT2D eigenvalue weighted by molar-refractivity contribution is 5.65. The zero-order valence-corrected chi connectivity index (χ0v) is 13.0. The van der Waals surface area contributed by atoms with Gasteiger partial charge in [0.25, 0.3) is 0 Å². The molecule has 0 saturated carbocycles. The minimum absolute atomic E-state index is 0.261. The van der Waals surface area contributed by atoms with Crippen LogP contribution in [-0.4, -0.2) is 34.3 Å². The van der Waals surface area contributed by atoms with E-state index in [1.807, 2.05) is 0 Å². The summed E-state index contributed by atoms with van der Waals surface area (Å²) in [5.41, 5.74) is -0.540. The largest absolute Gasteiger partial charge is 0.465 e.